The number of ether oxygens (including phenoxy) is 2. The lowest BCUT2D eigenvalue weighted by Gasteiger charge is -2.36. The van der Waals surface area contributed by atoms with Crippen LogP contribution in [0.15, 0.2) is 23.3 Å². The molecule has 1 aromatic rings. The zero-order chi connectivity index (χ0) is 21.7. The van der Waals surface area contributed by atoms with E-state index in [2.05, 4.69) is 14.7 Å². The fourth-order valence-corrected chi connectivity index (χ4v) is 2.46. The van der Waals surface area contributed by atoms with Crippen molar-refractivity contribution >= 4 is 12.1 Å². The maximum absolute atomic E-state index is 12.1. The van der Waals surface area contributed by atoms with E-state index in [1.807, 2.05) is 25.7 Å². The molecule has 0 radical (unpaired) electrons. The number of amides is 1. The lowest BCUT2D eigenvalue weighted by molar-refractivity contribution is -0.154. The number of aliphatic imine (C=N–C) groups is 1. The molecule has 29 heavy (non-hydrogen) atoms. The summed E-state index contributed by atoms with van der Waals surface area (Å²) in [5.74, 6) is 0.215. The van der Waals surface area contributed by atoms with E-state index in [4.69, 9.17) is 10.5 Å². The highest BCUT2D eigenvalue weighted by atomic mass is 19.4. The molecule has 1 aliphatic heterocycles. The molecule has 1 saturated heterocycles. The first-order chi connectivity index (χ1) is 13.4. The Labute approximate surface area is 167 Å². The number of halogens is 3. The zero-order valence-corrected chi connectivity index (χ0v) is 16.7. The van der Waals surface area contributed by atoms with Gasteiger partial charge < -0.3 is 25.0 Å². The summed E-state index contributed by atoms with van der Waals surface area (Å²) in [5.41, 5.74) is 6.15. The van der Waals surface area contributed by atoms with Gasteiger partial charge in [0.1, 0.15) is 5.60 Å². The molecule has 162 valence electrons. The van der Waals surface area contributed by atoms with Crippen molar-refractivity contribution in [1.82, 2.24) is 14.8 Å². The van der Waals surface area contributed by atoms with E-state index < -0.39 is 18.4 Å². The molecule has 0 spiro atoms. The van der Waals surface area contributed by atoms with Crippen molar-refractivity contribution in [3.8, 4) is 5.88 Å². The number of aromatic nitrogens is 1. The zero-order valence-electron chi connectivity index (χ0n) is 16.7. The first kappa shape index (κ1) is 22.6. The Morgan fingerprint density at radius 1 is 1.17 bits per heavy atom. The highest BCUT2D eigenvalue weighted by Crippen LogP contribution is 2.17. The summed E-state index contributed by atoms with van der Waals surface area (Å²) >= 11 is 0. The molecule has 0 atom stereocenters. The molecule has 2 heterocycles. The minimum atomic E-state index is -4.41. The van der Waals surface area contributed by atoms with Crippen molar-refractivity contribution in [1.29, 1.82) is 0 Å². The van der Waals surface area contributed by atoms with Gasteiger partial charge in [0.25, 0.3) is 0 Å². The van der Waals surface area contributed by atoms with Gasteiger partial charge >= 0.3 is 12.3 Å². The molecular formula is C18H26F3N5O3. The van der Waals surface area contributed by atoms with Crippen LogP contribution in [0.3, 0.4) is 0 Å². The summed E-state index contributed by atoms with van der Waals surface area (Å²) in [6, 6.07) is 2.93. The lowest BCUT2D eigenvalue weighted by atomic mass is 10.2. The van der Waals surface area contributed by atoms with Crippen molar-refractivity contribution in [2.45, 2.75) is 39.1 Å². The van der Waals surface area contributed by atoms with Crippen molar-refractivity contribution in [3.05, 3.63) is 23.9 Å². The maximum Gasteiger partial charge on any atom is 0.422 e. The second-order valence-corrected chi connectivity index (χ2v) is 7.54. The van der Waals surface area contributed by atoms with Crippen LogP contribution in [-0.2, 0) is 11.3 Å². The van der Waals surface area contributed by atoms with Gasteiger partial charge in [0.15, 0.2) is 12.6 Å². The minimum Gasteiger partial charge on any atom is -0.468 e. The predicted octanol–water partition coefficient (Wildman–Crippen LogP) is 2.39. The van der Waals surface area contributed by atoms with E-state index in [1.165, 1.54) is 12.3 Å². The van der Waals surface area contributed by atoms with E-state index in [-0.39, 0.29) is 18.5 Å². The number of nitrogens with zero attached hydrogens (tertiary/aromatic N) is 4. The predicted molar refractivity (Wildman–Crippen MR) is 100 cm³/mol. The highest BCUT2D eigenvalue weighted by Gasteiger charge is 2.28. The lowest BCUT2D eigenvalue weighted by Crippen LogP contribution is -2.53. The van der Waals surface area contributed by atoms with Gasteiger partial charge in [0.05, 0.1) is 6.54 Å². The number of carbonyl (C=O) groups excluding carboxylic acids is 1. The number of carbonyl (C=O) groups is 1. The number of nitrogens with two attached hydrogens (primary N) is 1. The standard InChI is InChI=1S/C18H26F3N5O3/c1-17(2,3)29-16(27)26-8-6-25(7-9-26)15(22)24-11-13-4-5-14(23-10-13)28-12-18(19,20)21/h4-5,10H,6-9,11-12H2,1-3H3,(H2,22,24). The minimum absolute atomic E-state index is 0.110. The van der Waals surface area contributed by atoms with Crippen molar-refractivity contribution in [3.63, 3.8) is 0 Å². The fraction of sp³-hybridized carbons (Fsp3) is 0.611. The average Bonchev–Trinajstić information content (AvgIpc) is 2.63. The molecule has 1 aromatic heterocycles. The number of rotatable bonds is 4. The summed E-state index contributed by atoms with van der Waals surface area (Å²) < 4.78 is 46.3. The van der Waals surface area contributed by atoms with Crippen molar-refractivity contribution in [2.75, 3.05) is 32.8 Å². The SMILES string of the molecule is CC(C)(C)OC(=O)N1CCN(C(N)=NCc2ccc(OCC(F)(F)F)nc2)CC1. The van der Waals surface area contributed by atoms with Crippen LogP contribution in [-0.4, -0.2) is 71.4 Å². The topological polar surface area (TPSA) is 93.3 Å². The van der Waals surface area contributed by atoms with Gasteiger partial charge in [0, 0.05) is 38.4 Å². The Bertz CT molecular complexity index is 709. The van der Waals surface area contributed by atoms with Gasteiger partial charge in [-0.05, 0) is 26.3 Å². The molecule has 1 aliphatic rings. The molecule has 11 heteroatoms. The van der Waals surface area contributed by atoms with Crippen LogP contribution in [0.5, 0.6) is 5.88 Å². The molecule has 0 unspecified atom stereocenters. The largest absolute Gasteiger partial charge is 0.468 e. The van der Waals surface area contributed by atoms with Crippen LogP contribution in [0.25, 0.3) is 0 Å². The third-order valence-corrected chi connectivity index (χ3v) is 3.86. The number of piperazine rings is 1. The summed E-state index contributed by atoms with van der Waals surface area (Å²) in [6.07, 6.45) is -3.37. The summed E-state index contributed by atoms with van der Waals surface area (Å²) in [7, 11) is 0. The number of guanidine groups is 1. The fourth-order valence-electron chi connectivity index (χ4n) is 2.46. The van der Waals surface area contributed by atoms with Gasteiger partial charge in [-0.25, -0.2) is 14.8 Å². The summed E-state index contributed by atoms with van der Waals surface area (Å²) in [5, 5.41) is 0. The summed E-state index contributed by atoms with van der Waals surface area (Å²) in [6.45, 7) is 6.27. The van der Waals surface area contributed by atoms with E-state index in [0.29, 0.717) is 37.7 Å². The van der Waals surface area contributed by atoms with Crippen LogP contribution in [0, 0.1) is 0 Å². The van der Waals surface area contributed by atoms with Gasteiger partial charge in [0.2, 0.25) is 5.88 Å². The Morgan fingerprint density at radius 3 is 2.31 bits per heavy atom. The molecule has 0 aromatic carbocycles. The van der Waals surface area contributed by atoms with E-state index >= 15 is 0 Å². The normalized spacial score (nSPS) is 16.0. The maximum atomic E-state index is 12.1. The van der Waals surface area contributed by atoms with E-state index in [0.717, 1.165) is 0 Å². The van der Waals surface area contributed by atoms with Gasteiger partial charge in [-0.1, -0.05) is 6.07 Å². The molecule has 0 aliphatic carbocycles. The molecule has 0 saturated carbocycles. The van der Waals surface area contributed by atoms with Crippen molar-refractivity contribution < 1.29 is 27.4 Å². The van der Waals surface area contributed by atoms with E-state index in [1.54, 1.807) is 11.0 Å². The number of alkyl halides is 3. The highest BCUT2D eigenvalue weighted by molar-refractivity contribution is 5.78. The molecule has 1 fully saturated rings. The first-order valence-electron chi connectivity index (χ1n) is 9.10. The number of hydrogen-bond donors (Lipinski definition) is 1. The molecule has 8 nitrogen and oxygen atoms in total. The third-order valence-electron chi connectivity index (χ3n) is 3.86. The Hall–Kier alpha value is -2.72. The third kappa shape index (κ3) is 8.04. The van der Waals surface area contributed by atoms with Crippen LogP contribution in [0.4, 0.5) is 18.0 Å². The average molecular weight is 417 g/mol. The van der Waals surface area contributed by atoms with Crippen LogP contribution < -0.4 is 10.5 Å². The first-order valence-corrected chi connectivity index (χ1v) is 9.10. The summed E-state index contributed by atoms with van der Waals surface area (Å²) in [4.78, 5) is 23.7. The van der Waals surface area contributed by atoms with Crippen LogP contribution >= 0.6 is 0 Å². The molecule has 1 amide bonds. The van der Waals surface area contributed by atoms with Gasteiger partial charge in [-0.15, -0.1) is 0 Å². The monoisotopic (exact) mass is 417 g/mol. The molecule has 2 rings (SSSR count). The Kier molecular flexibility index (Phi) is 7.15. The second-order valence-electron chi connectivity index (χ2n) is 7.54. The molecule has 0 bridgehead atoms. The van der Waals surface area contributed by atoms with Crippen molar-refractivity contribution in [2.24, 2.45) is 10.7 Å². The smallest absolute Gasteiger partial charge is 0.422 e. The molecule has 2 N–H and O–H groups in total. The Morgan fingerprint density at radius 2 is 1.79 bits per heavy atom. The molecular weight excluding hydrogens is 391 g/mol. The van der Waals surface area contributed by atoms with E-state index in [9.17, 15) is 18.0 Å². The second kappa shape index (κ2) is 9.19. The van der Waals surface area contributed by atoms with Crippen LogP contribution in [0.1, 0.15) is 26.3 Å². The number of hydrogen-bond acceptors (Lipinski definition) is 5. The quantitative estimate of drug-likeness (QED) is 0.597. The number of pyridine rings is 1. The van der Waals surface area contributed by atoms with Gasteiger partial charge in [-0.3, -0.25) is 0 Å². The van der Waals surface area contributed by atoms with Crippen LogP contribution in [0.2, 0.25) is 0 Å². The van der Waals surface area contributed by atoms with Gasteiger partial charge in [-0.2, -0.15) is 13.2 Å². The Balaban J connectivity index is 1.81.